The maximum absolute atomic E-state index is 11.0. The van der Waals surface area contributed by atoms with Crippen LogP contribution in [0.15, 0.2) is 42.5 Å². The van der Waals surface area contributed by atoms with E-state index in [1.54, 1.807) is 38.5 Å². The van der Waals surface area contributed by atoms with Gasteiger partial charge in [0.15, 0.2) is 11.5 Å². The first kappa shape index (κ1) is 21.5. The summed E-state index contributed by atoms with van der Waals surface area (Å²) in [5, 5.41) is 12.9. The van der Waals surface area contributed by atoms with Gasteiger partial charge in [-0.05, 0) is 49.0 Å². The Hall–Kier alpha value is -2.77. The lowest BCUT2D eigenvalue weighted by molar-refractivity contribution is -0.114. The van der Waals surface area contributed by atoms with Gasteiger partial charge in [-0.1, -0.05) is 6.07 Å². The highest BCUT2D eigenvalue weighted by atomic mass is 16.5. The number of carbonyl (C=O) groups is 1. The van der Waals surface area contributed by atoms with E-state index in [0.29, 0.717) is 36.0 Å². The number of ether oxygens (including phenoxy) is 3. The second kappa shape index (κ2) is 10.5. The molecule has 0 aromatic heterocycles. The molecule has 7 nitrogen and oxygen atoms in total. The van der Waals surface area contributed by atoms with Crippen LogP contribution in [0.5, 0.6) is 17.2 Å². The Kier molecular flexibility index (Phi) is 8.10. The number of nitrogens with one attached hydrogen (secondary N) is 1. The Labute approximate surface area is 165 Å². The molecule has 7 heteroatoms. The quantitative estimate of drug-likeness (QED) is 0.651. The minimum atomic E-state index is -0.639. The number of amides is 1. The van der Waals surface area contributed by atoms with E-state index in [2.05, 4.69) is 5.32 Å². The molecule has 0 radical (unpaired) electrons. The van der Waals surface area contributed by atoms with Gasteiger partial charge in [0.25, 0.3) is 0 Å². The summed E-state index contributed by atoms with van der Waals surface area (Å²) in [4.78, 5) is 13.0. The van der Waals surface area contributed by atoms with E-state index in [4.69, 9.17) is 14.2 Å². The van der Waals surface area contributed by atoms with Gasteiger partial charge in [0, 0.05) is 25.7 Å². The van der Waals surface area contributed by atoms with Crippen LogP contribution in [0, 0.1) is 0 Å². The number of rotatable bonds is 10. The fourth-order valence-corrected chi connectivity index (χ4v) is 2.80. The third kappa shape index (κ3) is 6.75. The molecule has 0 aliphatic heterocycles. The van der Waals surface area contributed by atoms with Crippen molar-refractivity contribution in [1.29, 1.82) is 0 Å². The molecule has 0 spiro atoms. The van der Waals surface area contributed by atoms with Crippen LogP contribution in [0.1, 0.15) is 12.5 Å². The number of nitrogens with zero attached hydrogens (tertiary/aromatic N) is 1. The Morgan fingerprint density at radius 1 is 1.11 bits per heavy atom. The summed E-state index contributed by atoms with van der Waals surface area (Å²) in [6.45, 7) is 2.75. The first-order valence-corrected chi connectivity index (χ1v) is 8.99. The van der Waals surface area contributed by atoms with Crippen molar-refractivity contribution in [2.45, 2.75) is 19.6 Å². The predicted molar refractivity (Wildman–Crippen MR) is 108 cm³/mol. The number of carbonyl (C=O) groups excluding carboxylic acids is 1. The minimum Gasteiger partial charge on any atom is -0.493 e. The molecular weight excluding hydrogens is 360 g/mol. The molecule has 2 aromatic carbocycles. The van der Waals surface area contributed by atoms with Crippen molar-refractivity contribution in [3.8, 4) is 17.2 Å². The maximum atomic E-state index is 11.0. The van der Waals surface area contributed by atoms with Crippen molar-refractivity contribution in [3.63, 3.8) is 0 Å². The predicted octanol–water partition coefficient (Wildman–Crippen LogP) is 2.53. The van der Waals surface area contributed by atoms with Crippen molar-refractivity contribution >= 4 is 11.6 Å². The zero-order chi connectivity index (χ0) is 20.5. The molecular formula is C21H28N2O5. The van der Waals surface area contributed by atoms with Gasteiger partial charge >= 0.3 is 0 Å². The van der Waals surface area contributed by atoms with Gasteiger partial charge in [0.05, 0.1) is 14.2 Å². The summed E-state index contributed by atoms with van der Waals surface area (Å²) < 4.78 is 16.2. The van der Waals surface area contributed by atoms with Crippen LogP contribution in [0.3, 0.4) is 0 Å². The van der Waals surface area contributed by atoms with Crippen molar-refractivity contribution in [2.75, 3.05) is 39.7 Å². The van der Waals surface area contributed by atoms with Crippen LogP contribution in [-0.2, 0) is 11.3 Å². The van der Waals surface area contributed by atoms with E-state index in [1.807, 2.05) is 30.1 Å². The molecule has 1 unspecified atom stereocenters. The van der Waals surface area contributed by atoms with Crippen LogP contribution in [0.2, 0.25) is 0 Å². The SMILES string of the molecule is COc1ccc(CN(C)CC(O)COc2ccc(NC(C)=O)cc2)cc1OC. The molecule has 0 saturated heterocycles. The number of hydrogen-bond donors (Lipinski definition) is 2. The lowest BCUT2D eigenvalue weighted by Gasteiger charge is -2.21. The standard InChI is InChI=1S/C21H28N2O5/c1-15(24)22-17-6-8-19(9-7-17)28-14-18(25)13-23(2)12-16-5-10-20(26-3)21(11-16)27-4/h5-11,18,25H,12-14H2,1-4H3,(H,22,24). The third-order valence-corrected chi connectivity index (χ3v) is 4.04. The highest BCUT2D eigenvalue weighted by Crippen LogP contribution is 2.27. The lowest BCUT2D eigenvalue weighted by atomic mass is 10.2. The van der Waals surface area contributed by atoms with E-state index in [9.17, 15) is 9.90 Å². The Bertz CT molecular complexity index is 764. The van der Waals surface area contributed by atoms with E-state index in [1.165, 1.54) is 6.92 Å². The Morgan fingerprint density at radius 3 is 2.39 bits per heavy atom. The average Bonchev–Trinajstić information content (AvgIpc) is 2.66. The van der Waals surface area contributed by atoms with Gasteiger partial charge in [-0.25, -0.2) is 0 Å². The first-order valence-electron chi connectivity index (χ1n) is 8.99. The summed E-state index contributed by atoms with van der Waals surface area (Å²) in [6, 6.07) is 12.8. The van der Waals surface area contributed by atoms with Crippen LogP contribution in [0.25, 0.3) is 0 Å². The summed E-state index contributed by atoms with van der Waals surface area (Å²) >= 11 is 0. The summed E-state index contributed by atoms with van der Waals surface area (Å²) in [6.07, 6.45) is -0.639. The van der Waals surface area contributed by atoms with Gasteiger partial charge in [-0.3, -0.25) is 9.69 Å². The van der Waals surface area contributed by atoms with E-state index < -0.39 is 6.10 Å². The molecule has 0 heterocycles. The fraction of sp³-hybridized carbons (Fsp3) is 0.381. The summed E-state index contributed by atoms with van der Waals surface area (Å²) in [7, 11) is 5.14. The fourth-order valence-electron chi connectivity index (χ4n) is 2.80. The van der Waals surface area contributed by atoms with Crippen LogP contribution in [0.4, 0.5) is 5.69 Å². The Balaban J connectivity index is 1.80. The lowest BCUT2D eigenvalue weighted by Crippen LogP contribution is -2.32. The molecule has 2 N–H and O–H groups in total. The van der Waals surface area contributed by atoms with Crippen LogP contribution < -0.4 is 19.5 Å². The number of likely N-dealkylation sites (N-methyl/N-ethyl adjacent to an activating group) is 1. The number of aliphatic hydroxyl groups excluding tert-OH is 1. The van der Waals surface area contributed by atoms with E-state index in [0.717, 1.165) is 5.56 Å². The van der Waals surface area contributed by atoms with Crippen molar-refractivity contribution in [1.82, 2.24) is 4.90 Å². The maximum Gasteiger partial charge on any atom is 0.221 e. The zero-order valence-electron chi connectivity index (χ0n) is 16.8. The number of hydrogen-bond acceptors (Lipinski definition) is 6. The second-order valence-electron chi connectivity index (χ2n) is 6.56. The molecule has 152 valence electrons. The molecule has 1 amide bonds. The summed E-state index contributed by atoms with van der Waals surface area (Å²) in [5.41, 5.74) is 1.76. The average molecular weight is 388 g/mol. The number of aliphatic hydroxyl groups is 1. The molecule has 0 saturated carbocycles. The topological polar surface area (TPSA) is 80.3 Å². The van der Waals surface area contributed by atoms with E-state index in [-0.39, 0.29) is 12.5 Å². The van der Waals surface area contributed by atoms with E-state index >= 15 is 0 Å². The largest absolute Gasteiger partial charge is 0.493 e. The van der Waals surface area contributed by atoms with Crippen molar-refractivity contribution in [3.05, 3.63) is 48.0 Å². The smallest absolute Gasteiger partial charge is 0.221 e. The number of anilines is 1. The Morgan fingerprint density at radius 2 is 1.79 bits per heavy atom. The molecule has 2 aromatic rings. The van der Waals surface area contributed by atoms with Gasteiger partial charge < -0.3 is 24.6 Å². The highest BCUT2D eigenvalue weighted by Gasteiger charge is 2.11. The van der Waals surface area contributed by atoms with Gasteiger partial charge in [0.1, 0.15) is 18.5 Å². The molecule has 28 heavy (non-hydrogen) atoms. The van der Waals surface area contributed by atoms with Gasteiger partial charge in [-0.15, -0.1) is 0 Å². The van der Waals surface area contributed by atoms with Crippen molar-refractivity contribution in [2.24, 2.45) is 0 Å². The monoisotopic (exact) mass is 388 g/mol. The summed E-state index contributed by atoms with van der Waals surface area (Å²) in [5.74, 6) is 1.88. The molecule has 1 atom stereocenters. The van der Waals surface area contributed by atoms with Gasteiger partial charge in [0.2, 0.25) is 5.91 Å². The minimum absolute atomic E-state index is 0.124. The number of benzene rings is 2. The highest BCUT2D eigenvalue weighted by molar-refractivity contribution is 5.88. The molecule has 0 aliphatic carbocycles. The molecule has 0 aliphatic rings. The molecule has 0 fully saturated rings. The first-order chi connectivity index (χ1) is 13.4. The second-order valence-corrected chi connectivity index (χ2v) is 6.56. The van der Waals surface area contributed by atoms with Crippen LogP contribution >= 0.6 is 0 Å². The van der Waals surface area contributed by atoms with Crippen LogP contribution in [-0.4, -0.2) is 56.4 Å². The van der Waals surface area contributed by atoms with Crippen molar-refractivity contribution < 1.29 is 24.1 Å². The molecule has 2 rings (SSSR count). The number of methoxy groups -OCH3 is 2. The molecule has 0 bridgehead atoms. The zero-order valence-corrected chi connectivity index (χ0v) is 16.8. The normalized spacial score (nSPS) is 11.8. The van der Waals surface area contributed by atoms with Gasteiger partial charge in [-0.2, -0.15) is 0 Å². The third-order valence-electron chi connectivity index (χ3n) is 4.04.